The highest BCUT2D eigenvalue weighted by Crippen LogP contribution is 2.32. The van der Waals surface area contributed by atoms with E-state index in [-0.39, 0.29) is 28.9 Å². The number of benzene rings is 1. The van der Waals surface area contributed by atoms with E-state index in [4.69, 9.17) is 16.0 Å². The Morgan fingerprint density at radius 1 is 1.12 bits per heavy atom. The Kier molecular flexibility index (Phi) is 6.62. The molecule has 2 heterocycles. The first kappa shape index (κ1) is 24.5. The molecule has 0 radical (unpaired) electrons. The SMILES string of the molecule is Cc1c(C(=O)NC2CC(C)(C)NC(C)(C)C2)oc2c1/C(=N/NC(=O)c1cccc(Cl)c1)CCC2. The molecule has 7 nitrogen and oxygen atoms in total. The maximum Gasteiger partial charge on any atom is 0.287 e. The maximum absolute atomic E-state index is 13.2. The quantitative estimate of drug-likeness (QED) is 0.545. The molecule has 1 aliphatic carbocycles. The lowest BCUT2D eigenvalue weighted by atomic mass is 9.79. The number of carbonyl (C=O) groups excluding carboxylic acids is 2. The Morgan fingerprint density at radius 2 is 1.82 bits per heavy atom. The van der Waals surface area contributed by atoms with E-state index in [0.29, 0.717) is 22.8 Å². The fourth-order valence-electron chi connectivity index (χ4n) is 5.48. The van der Waals surface area contributed by atoms with E-state index in [0.717, 1.165) is 48.3 Å². The van der Waals surface area contributed by atoms with Crippen molar-refractivity contribution in [2.24, 2.45) is 5.10 Å². The number of furan rings is 1. The van der Waals surface area contributed by atoms with E-state index in [9.17, 15) is 9.59 Å². The van der Waals surface area contributed by atoms with Crippen LogP contribution in [0.25, 0.3) is 0 Å². The predicted molar refractivity (Wildman–Crippen MR) is 134 cm³/mol. The number of carbonyl (C=O) groups is 2. The number of amides is 2. The van der Waals surface area contributed by atoms with Gasteiger partial charge in [0.05, 0.1) is 5.71 Å². The van der Waals surface area contributed by atoms with Gasteiger partial charge in [-0.15, -0.1) is 0 Å². The van der Waals surface area contributed by atoms with Crippen molar-refractivity contribution >= 4 is 29.1 Å². The Hall–Kier alpha value is -2.64. The zero-order valence-corrected chi connectivity index (χ0v) is 21.2. The normalized spacial score (nSPS) is 20.6. The lowest BCUT2D eigenvalue weighted by Gasteiger charge is -2.46. The predicted octanol–water partition coefficient (Wildman–Crippen LogP) is 4.75. The van der Waals surface area contributed by atoms with Crippen LogP contribution in [0.3, 0.4) is 0 Å². The first-order chi connectivity index (χ1) is 15.9. The highest BCUT2D eigenvalue weighted by atomic mass is 35.5. The lowest BCUT2D eigenvalue weighted by Crippen LogP contribution is -2.62. The van der Waals surface area contributed by atoms with Gasteiger partial charge in [-0.1, -0.05) is 17.7 Å². The second-order valence-electron chi connectivity index (χ2n) is 10.7. The Balaban J connectivity index is 1.52. The van der Waals surface area contributed by atoms with Crippen LogP contribution in [0.15, 0.2) is 33.8 Å². The fourth-order valence-corrected chi connectivity index (χ4v) is 5.67. The zero-order chi connectivity index (χ0) is 24.7. The van der Waals surface area contributed by atoms with Crippen molar-refractivity contribution in [2.45, 2.75) is 83.8 Å². The van der Waals surface area contributed by atoms with Crippen LogP contribution in [0.5, 0.6) is 0 Å². The molecule has 3 N–H and O–H groups in total. The van der Waals surface area contributed by atoms with Gasteiger partial charge in [0.1, 0.15) is 5.76 Å². The van der Waals surface area contributed by atoms with Gasteiger partial charge >= 0.3 is 0 Å². The van der Waals surface area contributed by atoms with E-state index in [2.05, 4.69) is 48.9 Å². The molecule has 0 bridgehead atoms. The first-order valence-electron chi connectivity index (χ1n) is 11.8. The number of aryl methyl sites for hydroxylation is 1. The monoisotopic (exact) mass is 484 g/mol. The average Bonchev–Trinajstić information content (AvgIpc) is 3.07. The average molecular weight is 485 g/mol. The summed E-state index contributed by atoms with van der Waals surface area (Å²) >= 11 is 5.99. The van der Waals surface area contributed by atoms with Crippen molar-refractivity contribution in [2.75, 3.05) is 0 Å². The van der Waals surface area contributed by atoms with E-state index in [1.165, 1.54) is 0 Å². The molecule has 0 spiro atoms. The third-order valence-corrected chi connectivity index (χ3v) is 6.67. The molecule has 0 saturated carbocycles. The van der Waals surface area contributed by atoms with Crippen molar-refractivity contribution in [3.05, 3.63) is 57.5 Å². The second kappa shape index (κ2) is 9.19. The number of hydrogen-bond acceptors (Lipinski definition) is 5. The van der Waals surface area contributed by atoms with E-state index < -0.39 is 0 Å². The van der Waals surface area contributed by atoms with Crippen molar-refractivity contribution < 1.29 is 14.0 Å². The van der Waals surface area contributed by atoms with Gasteiger partial charge < -0.3 is 15.1 Å². The first-order valence-corrected chi connectivity index (χ1v) is 12.2. The van der Waals surface area contributed by atoms with Crippen LogP contribution < -0.4 is 16.1 Å². The topological polar surface area (TPSA) is 95.7 Å². The molecule has 0 unspecified atom stereocenters. The Labute approximate surface area is 205 Å². The number of nitrogens with zero attached hydrogens (tertiary/aromatic N) is 1. The molecule has 1 aromatic carbocycles. The smallest absolute Gasteiger partial charge is 0.287 e. The van der Waals surface area contributed by atoms with Crippen LogP contribution in [-0.2, 0) is 6.42 Å². The van der Waals surface area contributed by atoms with Crippen LogP contribution in [0.1, 0.15) is 91.2 Å². The van der Waals surface area contributed by atoms with Crippen LogP contribution >= 0.6 is 11.6 Å². The standard InChI is InChI=1S/C26H33ClN4O3/c1-15-21-19(29-30-23(32)16-8-6-9-17(27)12-16)10-7-11-20(21)34-22(15)24(33)28-18-13-25(2,3)31-26(4,5)14-18/h6,8-9,12,18,31H,7,10-11,13-14H2,1-5H3,(H,28,33)(H,30,32)/b29-19+. The van der Waals surface area contributed by atoms with E-state index in [1.54, 1.807) is 24.3 Å². The van der Waals surface area contributed by atoms with Crippen LogP contribution in [0.4, 0.5) is 0 Å². The van der Waals surface area contributed by atoms with E-state index in [1.807, 2.05) is 6.92 Å². The highest BCUT2D eigenvalue weighted by molar-refractivity contribution is 6.31. The summed E-state index contributed by atoms with van der Waals surface area (Å²) in [6.45, 7) is 10.5. The number of fused-ring (bicyclic) bond motifs is 1. The summed E-state index contributed by atoms with van der Waals surface area (Å²) in [5.41, 5.74) is 5.23. The summed E-state index contributed by atoms with van der Waals surface area (Å²) in [6.07, 6.45) is 3.94. The molecular weight excluding hydrogens is 452 g/mol. The molecule has 2 aliphatic rings. The molecular formula is C26H33ClN4O3. The van der Waals surface area contributed by atoms with Gasteiger partial charge in [0, 0.05) is 45.3 Å². The summed E-state index contributed by atoms with van der Waals surface area (Å²) in [5.74, 6) is 0.538. The minimum Gasteiger partial charge on any atom is -0.455 e. The molecule has 34 heavy (non-hydrogen) atoms. The fraction of sp³-hybridized carbons (Fsp3) is 0.500. The summed E-state index contributed by atoms with van der Waals surface area (Å²) < 4.78 is 6.04. The molecule has 182 valence electrons. The number of hydrazone groups is 1. The minimum atomic E-state index is -0.336. The van der Waals surface area contributed by atoms with Gasteiger partial charge in [-0.3, -0.25) is 9.59 Å². The highest BCUT2D eigenvalue weighted by Gasteiger charge is 2.39. The largest absolute Gasteiger partial charge is 0.455 e. The molecule has 2 aromatic rings. The summed E-state index contributed by atoms with van der Waals surface area (Å²) in [5, 5.41) is 11.7. The molecule has 0 atom stereocenters. The van der Waals surface area contributed by atoms with Gasteiger partial charge in [-0.25, -0.2) is 5.43 Å². The van der Waals surface area contributed by atoms with Gasteiger partial charge in [-0.2, -0.15) is 5.10 Å². The van der Waals surface area contributed by atoms with Crippen molar-refractivity contribution in [1.82, 2.24) is 16.1 Å². The molecule has 4 rings (SSSR count). The third-order valence-electron chi connectivity index (χ3n) is 6.44. The van der Waals surface area contributed by atoms with Crippen molar-refractivity contribution in [3.63, 3.8) is 0 Å². The van der Waals surface area contributed by atoms with Gasteiger partial charge in [0.15, 0.2) is 5.76 Å². The number of rotatable bonds is 4. The molecule has 8 heteroatoms. The summed E-state index contributed by atoms with van der Waals surface area (Å²) in [4.78, 5) is 25.7. The zero-order valence-electron chi connectivity index (χ0n) is 20.5. The molecule has 1 fully saturated rings. The van der Waals surface area contributed by atoms with Gasteiger partial charge in [0.25, 0.3) is 11.8 Å². The van der Waals surface area contributed by atoms with Crippen LogP contribution in [-0.4, -0.2) is 34.6 Å². The Morgan fingerprint density at radius 3 is 2.50 bits per heavy atom. The molecule has 1 saturated heterocycles. The molecule has 2 amide bonds. The number of halogens is 1. The van der Waals surface area contributed by atoms with E-state index >= 15 is 0 Å². The van der Waals surface area contributed by atoms with Gasteiger partial charge in [0.2, 0.25) is 0 Å². The Bertz CT molecular complexity index is 1130. The van der Waals surface area contributed by atoms with Crippen LogP contribution in [0, 0.1) is 6.92 Å². The molecule has 1 aromatic heterocycles. The van der Waals surface area contributed by atoms with Crippen molar-refractivity contribution in [1.29, 1.82) is 0 Å². The third kappa shape index (κ3) is 5.36. The minimum absolute atomic E-state index is 0.0467. The number of piperidine rings is 1. The molecule has 1 aliphatic heterocycles. The number of hydrogen-bond donors (Lipinski definition) is 3. The van der Waals surface area contributed by atoms with Gasteiger partial charge in [-0.05, 0) is 78.5 Å². The number of nitrogens with one attached hydrogen (secondary N) is 3. The lowest BCUT2D eigenvalue weighted by molar-refractivity contribution is 0.0842. The second-order valence-corrected chi connectivity index (χ2v) is 11.1. The summed E-state index contributed by atoms with van der Waals surface area (Å²) in [7, 11) is 0. The van der Waals surface area contributed by atoms with Crippen molar-refractivity contribution in [3.8, 4) is 0 Å². The summed E-state index contributed by atoms with van der Waals surface area (Å²) in [6, 6.07) is 6.76. The maximum atomic E-state index is 13.2. The van der Waals surface area contributed by atoms with Crippen LogP contribution in [0.2, 0.25) is 5.02 Å².